The number of thiophene rings is 1. The largest absolute Gasteiger partial charge is 0.352 e. The average Bonchev–Trinajstić information content (AvgIpc) is 2.96. The number of amides is 1. The maximum absolute atomic E-state index is 12.4. The number of carbonyl (C=O) groups is 1. The molecule has 0 N–H and O–H groups in total. The first-order valence-electron chi connectivity index (χ1n) is 8.18. The van der Waals surface area contributed by atoms with Crippen LogP contribution in [0.25, 0.3) is 10.2 Å². The van der Waals surface area contributed by atoms with Gasteiger partial charge in [0.05, 0.1) is 5.39 Å². The fraction of sp³-hybridized carbons (Fsp3) is 0.588. The quantitative estimate of drug-likeness (QED) is 0.848. The van der Waals surface area contributed by atoms with E-state index in [1.54, 1.807) is 17.7 Å². The third-order valence-electron chi connectivity index (χ3n) is 4.22. The van der Waals surface area contributed by atoms with Crippen LogP contribution in [0.1, 0.15) is 32.6 Å². The van der Waals surface area contributed by atoms with Crippen LogP contribution in [0.15, 0.2) is 12.4 Å². The minimum Gasteiger partial charge on any atom is -0.352 e. The van der Waals surface area contributed by atoms with Crippen LogP contribution in [0.4, 0.5) is 5.82 Å². The third kappa shape index (κ3) is 3.17. The molecule has 0 aromatic carbocycles. The van der Waals surface area contributed by atoms with E-state index in [2.05, 4.69) is 27.9 Å². The van der Waals surface area contributed by atoms with Crippen molar-refractivity contribution < 1.29 is 4.79 Å². The molecule has 1 aliphatic heterocycles. The predicted molar refractivity (Wildman–Crippen MR) is 95.0 cm³/mol. The van der Waals surface area contributed by atoms with Gasteiger partial charge >= 0.3 is 0 Å². The molecular formula is C17H24N4OS. The third-order valence-corrected chi connectivity index (χ3v) is 5.40. The van der Waals surface area contributed by atoms with Crippen LogP contribution in [0.2, 0.25) is 0 Å². The van der Waals surface area contributed by atoms with Gasteiger partial charge in [-0.3, -0.25) is 4.79 Å². The number of nitrogens with zero attached hydrogens (tertiary/aromatic N) is 4. The number of carbonyl (C=O) groups excluding carboxylic acids is 1. The fourth-order valence-corrected chi connectivity index (χ4v) is 3.84. The number of rotatable bonds is 2. The molecule has 0 unspecified atom stereocenters. The summed E-state index contributed by atoms with van der Waals surface area (Å²) >= 11 is 1.74. The van der Waals surface area contributed by atoms with Gasteiger partial charge in [0, 0.05) is 36.5 Å². The van der Waals surface area contributed by atoms with Crippen molar-refractivity contribution in [2.75, 3.05) is 31.1 Å². The van der Waals surface area contributed by atoms with Crippen molar-refractivity contribution >= 4 is 33.3 Å². The number of aryl methyl sites for hydroxylation is 1. The molecule has 23 heavy (non-hydrogen) atoms. The highest BCUT2D eigenvalue weighted by atomic mass is 32.1. The van der Waals surface area contributed by atoms with Crippen LogP contribution in [-0.4, -0.2) is 47.0 Å². The van der Waals surface area contributed by atoms with Crippen molar-refractivity contribution in [3.8, 4) is 0 Å². The highest BCUT2D eigenvalue weighted by Gasteiger charge is 2.30. The van der Waals surface area contributed by atoms with Crippen LogP contribution >= 0.6 is 11.3 Å². The van der Waals surface area contributed by atoms with E-state index in [9.17, 15) is 4.79 Å². The number of fused-ring (bicyclic) bond motifs is 1. The Morgan fingerprint density at radius 2 is 1.91 bits per heavy atom. The Morgan fingerprint density at radius 1 is 1.22 bits per heavy atom. The van der Waals surface area contributed by atoms with Crippen LogP contribution in [0.5, 0.6) is 0 Å². The average molecular weight is 332 g/mol. The van der Waals surface area contributed by atoms with E-state index in [1.807, 2.05) is 25.7 Å². The summed E-state index contributed by atoms with van der Waals surface area (Å²) in [6, 6.07) is 2.21. The smallest absolute Gasteiger partial charge is 0.228 e. The van der Waals surface area contributed by atoms with Crippen molar-refractivity contribution in [1.82, 2.24) is 14.9 Å². The Bertz CT molecular complexity index is 711. The van der Waals surface area contributed by atoms with Crippen LogP contribution in [0, 0.1) is 5.41 Å². The monoisotopic (exact) mass is 332 g/mol. The molecule has 2 aromatic heterocycles. The number of anilines is 1. The van der Waals surface area contributed by atoms with E-state index in [0.717, 1.165) is 48.6 Å². The molecule has 0 saturated carbocycles. The van der Waals surface area contributed by atoms with Gasteiger partial charge in [-0.1, -0.05) is 27.7 Å². The molecule has 6 heteroatoms. The molecule has 0 bridgehead atoms. The Hall–Kier alpha value is -1.69. The summed E-state index contributed by atoms with van der Waals surface area (Å²) in [5, 5.41) is 1.14. The van der Waals surface area contributed by atoms with Gasteiger partial charge in [0.1, 0.15) is 17.0 Å². The van der Waals surface area contributed by atoms with Crippen molar-refractivity contribution in [2.45, 2.75) is 34.1 Å². The molecule has 1 aliphatic rings. The molecule has 2 aromatic rings. The van der Waals surface area contributed by atoms with Crippen molar-refractivity contribution in [1.29, 1.82) is 0 Å². The summed E-state index contributed by atoms with van der Waals surface area (Å²) in [5.41, 5.74) is -0.312. The van der Waals surface area contributed by atoms with E-state index in [-0.39, 0.29) is 11.3 Å². The van der Waals surface area contributed by atoms with Gasteiger partial charge in [0.2, 0.25) is 5.91 Å². The highest BCUT2D eigenvalue weighted by molar-refractivity contribution is 7.18. The summed E-state index contributed by atoms with van der Waals surface area (Å²) in [7, 11) is 0. The van der Waals surface area contributed by atoms with Gasteiger partial charge < -0.3 is 9.80 Å². The zero-order valence-corrected chi connectivity index (χ0v) is 15.1. The van der Waals surface area contributed by atoms with Crippen molar-refractivity contribution in [2.24, 2.45) is 5.41 Å². The number of hydrogen-bond acceptors (Lipinski definition) is 5. The van der Waals surface area contributed by atoms with Gasteiger partial charge in [0.15, 0.2) is 0 Å². The SMILES string of the molecule is CCc1cc2c(N3CCN(C(=O)C(C)(C)C)CC3)ncnc2s1. The van der Waals surface area contributed by atoms with Gasteiger partial charge in [-0.2, -0.15) is 0 Å². The molecule has 0 aliphatic carbocycles. The summed E-state index contributed by atoms with van der Waals surface area (Å²) in [6.07, 6.45) is 2.68. The standard InChI is InChI=1S/C17H24N4OS/c1-5-12-10-13-14(18-11-19-15(13)23-12)20-6-8-21(9-7-20)16(22)17(2,3)4/h10-11H,5-9H2,1-4H3. The van der Waals surface area contributed by atoms with Crippen LogP contribution in [-0.2, 0) is 11.2 Å². The second-order valence-electron chi connectivity index (χ2n) is 7.01. The molecular weight excluding hydrogens is 308 g/mol. The summed E-state index contributed by atoms with van der Waals surface area (Å²) < 4.78 is 0. The maximum atomic E-state index is 12.4. The minimum atomic E-state index is -0.312. The zero-order valence-electron chi connectivity index (χ0n) is 14.3. The van der Waals surface area contributed by atoms with Crippen molar-refractivity contribution in [3.63, 3.8) is 0 Å². The number of aromatic nitrogens is 2. The number of hydrogen-bond donors (Lipinski definition) is 0. The van der Waals surface area contributed by atoms with Gasteiger partial charge in [-0.25, -0.2) is 9.97 Å². The minimum absolute atomic E-state index is 0.230. The lowest BCUT2D eigenvalue weighted by molar-refractivity contribution is -0.139. The molecule has 5 nitrogen and oxygen atoms in total. The maximum Gasteiger partial charge on any atom is 0.228 e. The molecule has 1 amide bonds. The Kier molecular flexibility index (Phi) is 4.27. The van der Waals surface area contributed by atoms with Crippen LogP contribution in [0.3, 0.4) is 0 Å². The van der Waals surface area contributed by atoms with E-state index in [1.165, 1.54) is 4.88 Å². The first-order valence-corrected chi connectivity index (χ1v) is 8.99. The molecule has 0 radical (unpaired) electrons. The highest BCUT2D eigenvalue weighted by Crippen LogP contribution is 2.31. The second-order valence-corrected chi connectivity index (χ2v) is 8.13. The summed E-state index contributed by atoms with van der Waals surface area (Å²) in [4.78, 5) is 28.0. The van der Waals surface area contributed by atoms with E-state index in [0.29, 0.717) is 0 Å². The Labute approximate surface area is 141 Å². The normalized spacial score (nSPS) is 16.2. The second kappa shape index (κ2) is 6.07. The molecule has 124 valence electrons. The van der Waals surface area contributed by atoms with E-state index < -0.39 is 0 Å². The lowest BCUT2D eigenvalue weighted by Gasteiger charge is -2.38. The van der Waals surface area contributed by atoms with Crippen molar-refractivity contribution in [3.05, 3.63) is 17.3 Å². The van der Waals surface area contributed by atoms with E-state index in [4.69, 9.17) is 0 Å². The zero-order chi connectivity index (χ0) is 16.6. The van der Waals surface area contributed by atoms with Gasteiger partial charge in [-0.05, 0) is 12.5 Å². The first kappa shape index (κ1) is 16.2. The van der Waals surface area contributed by atoms with Gasteiger partial charge in [0.25, 0.3) is 0 Å². The number of piperazine rings is 1. The summed E-state index contributed by atoms with van der Waals surface area (Å²) in [5.74, 6) is 1.24. The molecule has 0 spiro atoms. The fourth-order valence-electron chi connectivity index (χ4n) is 2.91. The molecule has 0 atom stereocenters. The topological polar surface area (TPSA) is 49.3 Å². The van der Waals surface area contributed by atoms with Gasteiger partial charge in [-0.15, -0.1) is 11.3 Å². The Balaban J connectivity index is 1.78. The first-order chi connectivity index (χ1) is 10.9. The van der Waals surface area contributed by atoms with E-state index >= 15 is 0 Å². The summed E-state index contributed by atoms with van der Waals surface area (Å²) in [6.45, 7) is 11.3. The Morgan fingerprint density at radius 3 is 2.52 bits per heavy atom. The molecule has 1 saturated heterocycles. The lowest BCUT2D eigenvalue weighted by Crippen LogP contribution is -2.51. The molecule has 3 heterocycles. The molecule has 1 fully saturated rings. The predicted octanol–water partition coefficient (Wildman–Crippen LogP) is 2.95. The van der Waals surface area contributed by atoms with Crippen LogP contribution < -0.4 is 4.90 Å². The molecule has 3 rings (SSSR count). The lowest BCUT2D eigenvalue weighted by atomic mass is 9.94.